The number of rotatable bonds is 6. The van der Waals surface area contributed by atoms with Gasteiger partial charge in [0.05, 0.1) is 7.11 Å². The molecule has 0 radical (unpaired) electrons. The summed E-state index contributed by atoms with van der Waals surface area (Å²) in [6, 6.07) is 16.7. The molecule has 2 nitrogen and oxygen atoms in total. The van der Waals surface area contributed by atoms with E-state index in [1.807, 2.05) is 18.2 Å². The van der Waals surface area contributed by atoms with Gasteiger partial charge in [-0.1, -0.05) is 60.6 Å². The van der Waals surface area contributed by atoms with Crippen LogP contribution in [-0.4, -0.2) is 13.7 Å². The molecule has 0 saturated heterocycles. The SMILES string of the molecule is C=C(Cl)CNC(C)c1ccc(-c2ccccc2OC)cc1. The maximum Gasteiger partial charge on any atom is 0.126 e. The van der Waals surface area contributed by atoms with Gasteiger partial charge in [-0.25, -0.2) is 0 Å². The number of benzene rings is 2. The van der Waals surface area contributed by atoms with Crippen LogP contribution < -0.4 is 10.1 Å². The summed E-state index contributed by atoms with van der Waals surface area (Å²) in [5.41, 5.74) is 3.46. The Morgan fingerprint density at radius 3 is 2.48 bits per heavy atom. The lowest BCUT2D eigenvalue weighted by atomic mass is 10.0. The molecular formula is C18H20ClNO. The first kappa shape index (κ1) is 15.6. The Bertz CT molecular complexity index is 607. The zero-order chi connectivity index (χ0) is 15.2. The van der Waals surface area contributed by atoms with Gasteiger partial charge in [-0.05, 0) is 24.1 Å². The predicted molar refractivity (Wildman–Crippen MR) is 89.8 cm³/mol. The number of nitrogens with one attached hydrogen (secondary N) is 1. The van der Waals surface area contributed by atoms with E-state index in [-0.39, 0.29) is 6.04 Å². The third-order valence-electron chi connectivity index (χ3n) is 3.43. The lowest BCUT2D eigenvalue weighted by Crippen LogP contribution is -2.19. The largest absolute Gasteiger partial charge is 0.496 e. The van der Waals surface area contributed by atoms with Crippen molar-refractivity contribution in [3.05, 3.63) is 65.7 Å². The maximum absolute atomic E-state index is 5.78. The minimum Gasteiger partial charge on any atom is -0.496 e. The van der Waals surface area contributed by atoms with Crippen LogP contribution in [0.3, 0.4) is 0 Å². The molecule has 1 atom stereocenters. The number of hydrogen-bond donors (Lipinski definition) is 1. The highest BCUT2D eigenvalue weighted by Gasteiger charge is 2.07. The van der Waals surface area contributed by atoms with Gasteiger partial charge in [0.15, 0.2) is 0 Å². The number of methoxy groups -OCH3 is 1. The summed E-state index contributed by atoms with van der Waals surface area (Å²) in [5, 5.41) is 3.94. The number of halogens is 1. The monoisotopic (exact) mass is 301 g/mol. The molecule has 1 unspecified atom stereocenters. The lowest BCUT2D eigenvalue weighted by Gasteiger charge is -2.15. The Balaban J connectivity index is 2.17. The van der Waals surface area contributed by atoms with Crippen LogP contribution in [0.2, 0.25) is 0 Å². The van der Waals surface area contributed by atoms with Gasteiger partial charge in [-0.2, -0.15) is 0 Å². The first-order valence-electron chi connectivity index (χ1n) is 6.92. The average molecular weight is 302 g/mol. The zero-order valence-electron chi connectivity index (χ0n) is 12.4. The lowest BCUT2D eigenvalue weighted by molar-refractivity contribution is 0.416. The van der Waals surface area contributed by atoms with Crippen LogP contribution in [0.4, 0.5) is 0 Å². The molecule has 0 amide bonds. The second kappa shape index (κ2) is 7.30. The Hall–Kier alpha value is -1.77. The van der Waals surface area contributed by atoms with E-state index in [1.54, 1.807) is 7.11 Å². The molecule has 0 aliphatic rings. The van der Waals surface area contributed by atoms with Gasteiger partial charge in [0, 0.05) is 23.2 Å². The minimum absolute atomic E-state index is 0.229. The molecule has 21 heavy (non-hydrogen) atoms. The normalized spacial score (nSPS) is 12.0. The van der Waals surface area contributed by atoms with Gasteiger partial charge in [-0.15, -0.1) is 0 Å². The summed E-state index contributed by atoms with van der Waals surface area (Å²) in [6.45, 7) is 6.40. The van der Waals surface area contributed by atoms with E-state index in [9.17, 15) is 0 Å². The van der Waals surface area contributed by atoms with Crippen LogP contribution in [0.5, 0.6) is 5.75 Å². The summed E-state index contributed by atoms with van der Waals surface area (Å²) < 4.78 is 5.41. The summed E-state index contributed by atoms with van der Waals surface area (Å²) in [6.07, 6.45) is 0. The minimum atomic E-state index is 0.229. The van der Waals surface area contributed by atoms with Gasteiger partial charge in [-0.3, -0.25) is 0 Å². The van der Waals surface area contributed by atoms with E-state index in [0.29, 0.717) is 11.6 Å². The van der Waals surface area contributed by atoms with E-state index < -0.39 is 0 Å². The van der Waals surface area contributed by atoms with E-state index in [1.165, 1.54) is 5.56 Å². The molecule has 0 saturated carbocycles. The third-order valence-corrected chi connectivity index (χ3v) is 3.56. The van der Waals surface area contributed by atoms with E-state index in [2.05, 4.69) is 49.2 Å². The third kappa shape index (κ3) is 4.10. The fraction of sp³-hybridized carbons (Fsp3) is 0.222. The van der Waals surface area contributed by atoms with Crippen molar-refractivity contribution in [3.8, 4) is 16.9 Å². The van der Waals surface area contributed by atoms with Crippen molar-refractivity contribution in [2.24, 2.45) is 0 Å². The topological polar surface area (TPSA) is 21.3 Å². The summed E-state index contributed by atoms with van der Waals surface area (Å²) >= 11 is 5.78. The Morgan fingerprint density at radius 1 is 1.19 bits per heavy atom. The summed E-state index contributed by atoms with van der Waals surface area (Å²) in [4.78, 5) is 0. The highest BCUT2D eigenvalue weighted by atomic mass is 35.5. The fourth-order valence-corrected chi connectivity index (χ4v) is 2.29. The van der Waals surface area contributed by atoms with E-state index in [0.717, 1.165) is 16.9 Å². The van der Waals surface area contributed by atoms with Gasteiger partial charge in [0.25, 0.3) is 0 Å². The quantitative estimate of drug-likeness (QED) is 0.830. The molecule has 0 aliphatic carbocycles. The molecule has 0 aliphatic heterocycles. The molecular weight excluding hydrogens is 282 g/mol. The van der Waals surface area contributed by atoms with Crippen molar-refractivity contribution in [2.45, 2.75) is 13.0 Å². The Labute approximate surface area is 131 Å². The molecule has 3 heteroatoms. The summed E-state index contributed by atoms with van der Waals surface area (Å²) in [7, 11) is 1.69. The van der Waals surface area contributed by atoms with Crippen LogP contribution in [0.1, 0.15) is 18.5 Å². The van der Waals surface area contributed by atoms with Crippen molar-refractivity contribution >= 4 is 11.6 Å². The van der Waals surface area contributed by atoms with Gasteiger partial charge < -0.3 is 10.1 Å². The average Bonchev–Trinajstić information content (AvgIpc) is 2.52. The van der Waals surface area contributed by atoms with Crippen LogP contribution in [0.25, 0.3) is 11.1 Å². The fourth-order valence-electron chi connectivity index (χ4n) is 2.22. The van der Waals surface area contributed by atoms with E-state index >= 15 is 0 Å². The smallest absolute Gasteiger partial charge is 0.126 e. The Kier molecular flexibility index (Phi) is 5.43. The molecule has 0 bridgehead atoms. The van der Waals surface area contributed by atoms with Crippen LogP contribution in [0, 0.1) is 0 Å². The van der Waals surface area contributed by atoms with Gasteiger partial charge >= 0.3 is 0 Å². The van der Waals surface area contributed by atoms with Crippen molar-refractivity contribution in [2.75, 3.05) is 13.7 Å². The van der Waals surface area contributed by atoms with Crippen molar-refractivity contribution in [1.29, 1.82) is 0 Å². The molecule has 2 aromatic rings. The van der Waals surface area contributed by atoms with Crippen LogP contribution in [-0.2, 0) is 0 Å². The van der Waals surface area contributed by atoms with Crippen molar-refractivity contribution in [3.63, 3.8) is 0 Å². The maximum atomic E-state index is 5.78. The molecule has 0 aromatic heterocycles. The van der Waals surface area contributed by atoms with Crippen LogP contribution >= 0.6 is 11.6 Å². The molecule has 0 heterocycles. The zero-order valence-corrected chi connectivity index (χ0v) is 13.2. The number of ether oxygens (including phenoxy) is 1. The van der Waals surface area contributed by atoms with Crippen molar-refractivity contribution in [1.82, 2.24) is 5.32 Å². The molecule has 0 spiro atoms. The molecule has 2 aromatic carbocycles. The first-order valence-corrected chi connectivity index (χ1v) is 7.29. The number of hydrogen-bond acceptors (Lipinski definition) is 2. The van der Waals surface area contributed by atoms with Crippen LogP contribution in [0.15, 0.2) is 60.1 Å². The van der Waals surface area contributed by atoms with Crippen molar-refractivity contribution < 1.29 is 4.74 Å². The highest BCUT2D eigenvalue weighted by molar-refractivity contribution is 6.29. The first-order chi connectivity index (χ1) is 10.1. The standard InChI is InChI=1S/C18H20ClNO/c1-13(19)12-20-14(2)15-8-10-16(11-9-15)17-6-4-5-7-18(17)21-3/h4-11,14,20H,1,12H2,2-3H3. The predicted octanol–water partition coefficient (Wildman–Crippen LogP) is 4.77. The van der Waals surface area contributed by atoms with Gasteiger partial charge in [0.2, 0.25) is 0 Å². The molecule has 110 valence electrons. The summed E-state index contributed by atoms with van der Waals surface area (Å²) in [5.74, 6) is 0.884. The number of para-hydroxylation sites is 1. The van der Waals surface area contributed by atoms with E-state index in [4.69, 9.17) is 16.3 Å². The van der Waals surface area contributed by atoms with Gasteiger partial charge in [0.1, 0.15) is 5.75 Å². The second-order valence-electron chi connectivity index (χ2n) is 4.94. The highest BCUT2D eigenvalue weighted by Crippen LogP contribution is 2.30. The molecule has 2 rings (SSSR count). The molecule has 0 fully saturated rings. The molecule has 1 N–H and O–H groups in total. The second-order valence-corrected chi connectivity index (χ2v) is 5.48. The Morgan fingerprint density at radius 2 is 1.86 bits per heavy atom.